The number of allylic oxidation sites excluding steroid dienone is 2. The minimum Gasteiger partial charge on any atom is -0.481 e. The molecule has 0 aromatic heterocycles. The van der Waals surface area contributed by atoms with Gasteiger partial charge in [0.15, 0.2) is 11.6 Å². The largest absolute Gasteiger partial charge is 0.481 e. The van der Waals surface area contributed by atoms with E-state index in [1.54, 1.807) is 13.8 Å². The van der Waals surface area contributed by atoms with E-state index in [-0.39, 0.29) is 66.7 Å². The summed E-state index contributed by atoms with van der Waals surface area (Å²) in [4.78, 5) is 65.2. The number of hydrogen-bond donors (Lipinski definition) is 2. The molecule has 0 aliphatic heterocycles. The summed E-state index contributed by atoms with van der Waals surface area (Å²) in [7, 11) is 0. The van der Waals surface area contributed by atoms with Crippen LogP contribution in [0.25, 0.3) is 0 Å². The van der Waals surface area contributed by atoms with Gasteiger partial charge in [-0.1, -0.05) is 27.7 Å². The molecular weight excluding hydrogens is 436 g/mol. The average Bonchev–Trinajstić information content (AvgIpc) is 2.93. The summed E-state index contributed by atoms with van der Waals surface area (Å²) in [6.45, 7) is 10.8. The lowest BCUT2D eigenvalue weighted by Gasteiger charge is -2.58. The Morgan fingerprint density at radius 1 is 0.971 bits per heavy atom. The molecule has 7 nitrogen and oxygen atoms in total. The molecule has 4 aliphatic rings. The second-order valence-electron chi connectivity index (χ2n) is 12.6. The van der Waals surface area contributed by atoms with Gasteiger partial charge in [-0.15, -0.1) is 0 Å². The lowest BCUT2D eigenvalue weighted by atomic mass is 9.42. The molecule has 34 heavy (non-hydrogen) atoms. The van der Waals surface area contributed by atoms with E-state index in [0.717, 1.165) is 0 Å². The van der Waals surface area contributed by atoms with Crippen molar-refractivity contribution >= 4 is 29.1 Å². The molecule has 0 aromatic rings. The van der Waals surface area contributed by atoms with E-state index in [2.05, 4.69) is 0 Å². The number of carbonyl (C=O) groups is 5. The molecule has 0 radical (unpaired) electrons. The van der Waals surface area contributed by atoms with Crippen molar-refractivity contribution in [2.75, 3.05) is 0 Å². The summed E-state index contributed by atoms with van der Waals surface area (Å²) in [5, 5.41) is 20.5. The van der Waals surface area contributed by atoms with Crippen molar-refractivity contribution < 1.29 is 34.2 Å². The Bertz CT molecular complexity index is 1060. The molecule has 0 amide bonds. The molecule has 4 aliphatic carbocycles. The molecule has 0 bridgehead atoms. The molecule has 0 aromatic carbocycles. The van der Waals surface area contributed by atoms with Crippen LogP contribution in [0, 0.1) is 33.5 Å². The van der Waals surface area contributed by atoms with Crippen molar-refractivity contribution in [3.8, 4) is 0 Å². The summed E-state index contributed by atoms with van der Waals surface area (Å²) in [5.74, 6) is -2.53. The van der Waals surface area contributed by atoms with Crippen molar-refractivity contribution in [1.29, 1.82) is 0 Å². The molecule has 0 saturated heterocycles. The molecule has 7 heteroatoms. The Morgan fingerprint density at radius 2 is 1.59 bits per heavy atom. The van der Waals surface area contributed by atoms with Gasteiger partial charge >= 0.3 is 5.97 Å². The summed E-state index contributed by atoms with van der Waals surface area (Å²) >= 11 is 0. The maximum atomic E-state index is 13.9. The number of aliphatic carboxylic acids is 1. The molecule has 2 N–H and O–H groups in total. The fourth-order valence-electron chi connectivity index (χ4n) is 8.21. The zero-order chi connectivity index (χ0) is 25.6. The monoisotopic (exact) mass is 472 g/mol. The number of rotatable bonds is 4. The van der Waals surface area contributed by atoms with Gasteiger partial charge in [-0.2, -0.15) is 0 Å². The second-order valence-corrected chi connectivity index (χ2v) is 12.6. The van der Waals surface area contributed by atoms with Crippen molar-refractivity contribution in [2.45, 2.75) is 92.1 Å². The molecule has 6 unspecified atom stereocenters. The number of Topliss-reactive ketones (excluding diaryl/α,β-unsaturated/α-hetero) is 4. The van der Waals surface area contributed by atoms with Crippen LogP contribution < -0.4 is 0 Å². The summed E-state index contributed by atoms with van der Waals surface area (Å²) in [6.07, 6.45) is 0.600. The van der Waals surface area contributed by atoms with E-state index in [1.807, 2.05) is 20.8 Å². The molecule has 6 atom stereocenters. The van der Waals surface area contributed by atoms with Crippen LogP contribution in [-0.2, 0) is 24.0 Å². The molecule has 0 spiro atoms. The number of fused-ring (bicyclic) bond motifs is 4. The van der Waals surface area contributed by atoms with Gasteiger partial charge in [0.1, 0.15) is 11.6 Å². The van der Waals surface area contributed by atoms with E-state index in [9.17, 15) is 29.1 Å². The van der Waals surface area contributed by atoms with Crippen LogP contribution in [0.2, 0.25) is 0 Å². The number of ketones is 4. The average molecular weight is 473 g/mol. The van der Waals surface area contributed by atoms with Crippen LogP contribution in [0.4, 0.5) is 0 Å². The highest BCUT2D eigenvalue weighted by Crippen LogP contribution is 2.70. The van der Waals surface area contributed by atoms with Crippen LogP contribution in [-0.4, -0.2) is 44.9 Å². The molecule has 2 saturated carbocycles. The standard InChI is InChI=1S/C27H36O7/c1-23(2)16-11-14(28)22-21(24(16,3)9-7-18(23)30)15(29)13-25(4)17(12-19(31)27(22,25)6)26(5,34)10-8-20(32)33/h16-17,34H,7-13H2,1-6H3,(H,32,33). The smallest absolute Gasteiger partial charge is 0.303 e. The lowest BCUT2D eigenvalue weighted by Crippen LogP contribution is -2.60. The third-order valence-electron chi connectivity index (χ3n) is 10.5. The lowest BCUT2D eigenvalue weighted by molar-refractivity contribution is -0.149. The van der Waals surface area contributed by atoms with Crippen molar-refractivity contribution in [3.63, 3.8) is 0 Å². The Kier molecular flexibility index (Phi) is 5.27. The Labute approximate surface area is 200 Å². The Balaban J connectivity index is 1.89. The number of carboxylic acid groups (broad SMARTS) is 1. The van der Waals surface area contributed by atoms with Crippen LogP contribution >= 0.6 is 0 Å². The molecule has 2 fully saturated rings. The first-order chi connectivity index (χ1) is 15.4. The first kappa shape index (κ1) is 25.0. The maximum Gasteiger partial charge on any atom is 0.303 e. The van der Waals surface area contributed by atoms with Gasteiger partial charge < -0.3 is 10.2 Å². The number of hydrogen-bond acceptors (Lipinski definition) is 6. The third-order valence-corrected chi connectivity index (χ3v) is 10.5. The minimum absolute atomic E-state index is 0.00588. The van der Waals surface area contributed by atoms with Crippen molar-refractivity contribution in [2.24, 2.45) is 33.5 Å². The normalized spacial score (nSPS) is 41.0. The van der Waals surface area contributed by atoms with Gasteiger partial charge in [0.25, 0.3) is 0 Å². The minimum atomic E-state index is -1.48. The highest BCUT2D eigenvalue weighted by molar-refractivity contribution is 6.16. The van der Waals surface area contributed by atoms with Crippen LogP contribution in [0.1, 0.15) is 86.5 Å². The first-order valence-corrected chi connectivity index (χ1v) is 12.3. The van der Waals surface area contributed by atoms with Crippen molar-refractivity contribution in [3.05, 3.63) is 11.1 Å². The van der Waals surface area contributed by atoms with E-state index < -0.39 is 39.1 Å². The number of carbonyl (C=O) groups excluding carboxylic acids is 4. The number of carboxylic acids is 1. The van der Waals surface area contributed by atoms with Gasteiger partial charge in [0.2, 0.25) is 0 Å². The van der Waals surface area contributed by atoms with Gasteiger partial charge in [0, 0.05) is 60.0 Å². The molecule has 4 rings (SSSR count). The maximum absolute atomic E-state index is 13.9. The van der Waals surface area contributed by atoms with Crippen LogP contribution in [0.15, 0.2) is 11.1 Å². The SMILES string of the molecule is CC(O)(CCC(=O)O)C1CC(=O)C2(C)C3=C(C(=O)CC12C)C1(C)CCC(=O)C(C)(C)C1CC3=O. The van der Waals surface area contributed by atoms with Gasteiger partial charge in [-0.25, -0.2) is 0 Å². The molecule has 0 heterocycles. The highest BCUT2D eigenvalue weighted by Gasteiger charge is 2.71. The Morgan fingerprint density at radius 3 is 2.18 bits per heavy atom. The topological polar surface area (TPSA) is 126 Å². The van der Waals surface area contributed by atoms with Crippen LogP contribution in [0.5, 0.6) is 0 Å². The quantitative estimate of drug-likeness (QED) is 0.642. The summed E-state index contributed by atoms with van der Waals surface area (Å²) < 4.78 is 0. The van der Waals surface area contributed by atoms with Gasteiger partial charge in [-0.3, -0.25) is 24.0 Å². The fourth-order valence-corrected chi connectivity index (χ4v) is 8.21. The Hall–Kier alpha value is -2.15. The van der Waals surface area contributed by atoms with Gasteiger partial charge in [0.05, 0.1) is 11.0 Å². The third kappa shape index (κ3) is 2.94. The zero-order valence-corrected chi connectivity index (χ0v) is 21.0. The molecule has 186 valence electrons. The second kappa shape index (κ2) is 7.19. The van der Waals surface area contributed by atoms with E-state index in [1.165, 1.54) is 6.92 Å². The van der Waals surface area contributed by atoms with Crippen LogP contribution in [0.3, 0.4) is 0 Å². The summed E-state index contributed by atoms with van der Waals surface area (Å²) in [6, 6.07) is 0. The zero-order valence-electron chi connectivity index (χ0n) is 21.0. The summed E-state index contributed by atoms with van der Waals surface area (Å²) in [5.41, 5.74) is -4.45. The fraction of sp³-hybridized carbons (Fsp3) is 0.741. The first-order valence-electron chi connectivity index (χ1n) is 12.3. The highest BCUT2D eigenvalue weighted by atomic mass is 16.4. The number of aliphatic hydroxyl groups is 1. The van der Waals surface area contributed by atoms with Gasteiger partial charge in [-0.05, 0) is 38.0 Å². The van der Waals surface area contributed by atoms with Crippen molar-refractivity contribution in [1.82, 2.24) is 0 Å². The van der Waals surface area contributed by atoms with E-state index >= 15 is 0 Å². The predicted octanol–water partition coefficient (Wildman–Crippen LogP) is 3.46. The van der Waals surface area contributed by atoms with E-state index in [0.29, 0.717) is 18.4 Å². The van der Waals surface area contributed by atoms with E-state index in [4.69, 9.17) is 5.11 Å². The predicted molar refractivity (Wildman–Crippen MR) is 123 cm³/mol. The molecular formula is C27H36O7.